The number of rotatable bonds is 2. The summed E-state index contributed by atoms with van der Waals surface area (Å²) < 4.78 is 3.73. The molecule has 2 N–H and O–H groups in total. The maximum absolute atomic E-state index is 5.70. The van der Waals surface area contributed by atoms with Gasteiger partial charge in [0.2, 0.25) is 5.95 Å². The van der Waals surface area contributed by atoms with E-state index < -0.39 is 0 Å². The zero-order chi connectivity index (χ0) is 12.4. The summed E-state index contributed by atoms with van der Waals surface area (Å²) in [5.74, 6) is 0.392. The molecule has 88 valence electrons. The lowest BCUT2D eigenvalue weighted by atomic mass is 10.2. The van der Waals surface area contributed by atoms with Crippen molar-refractivity contribution in [3.05, 3.63) is 43.7 Å². The molecule has 0 saturated heterocycles. The van der Waals surface area contributed by atoms with E-state index in [4.69, 9.17) is 5.73 Å². The van der Waals surface area contributed by atoms with Crippen molar-refractivity contribution in [1.29, 1.82) is 0 Å². The van der Waals surface area contributed by atoms with E-state index in [1.807, 2.05) is 25.1 Å². The van der Waals surface area contributed by atoms with Crippen molar-refractivity contribution in [2.24, 2.45) is 5.10 Å². The third-order valence-electron chi connectivity index (χ3n) is 2.14. The molecule has 1 heterocycles. The molecular formula is C11H10BrIN4. The molecular weight excluding hydrogens is 395 g/mol. The Balaban J connectivity index is 2.32. The summed E-state index contributed by atoms with van der Waals surface area (Å²) in [6.07, 6.45) is 3.56. The van der Waals surface area contributed by atoms with E-state index in [1.54, 1.807) is 17.1 Å². The maximum atomic E-state index is 5.70. The SMILES string of the molecule is Cc1cn(N=Cc2cccc(Br)c2I)c(N)n1. The van der Waals surface area contributed by atoms with Crippen LogP contribution in [0.15, 0.2) is 34.0 Å². The zero-order valence-corrected chi connectivity index (χ0v) is 12.8. The van der Waals surface area contributed by atoms with Gasteiger partial charge < -0.3 is 5.73 Å². The first-order valence-corrected chi connectivity index (χ1v) is 6.75. The van der Waals surface area contributed by atoms with E-state index in [2.05, 4.69) is 48.6 Å². The summed E-state index contributed by atoms with van der Waals surface area (Å²) in [7, 11) is 0. The molecule has 0 aliphatic heterocycles. The van der Waals surface area contributed by atoms with Crippen LogP contribution >= 0.6 is 38.5 Å². The maximum Gasteiger partial charge on any atom is 0.221 e. The van der Waals surface area contributed by atoms with Crippen molar-refractivity contribution >= 4 is 50.7 Å². The van der Waals surface area contributed by atoms with Crippen LogP contribution in [-0.2, 0) is 0 Å². The number of aromatic nitrogens is 2. The van der Waals surface area contributed by atoms with Gasteiger partial charge in [-0.2, -0.15) is 5.10 Å². The minimum Gasteiger partial charge on any atom is -0.368 e. The molecule has 0 radical (unpaired) electrons. The molecule has 6 heteroatoms. The van der Waals surface area contributed by atoms with Gasteiger partial charge in [-0.1, -0.05) is 12.1 Å². The fourth-order valence-electron chi connectivity index (χ4n) is 1.34. The van der Waals surface area contributed by atoms with Gasteiger partial charge in [0, 0.05) is 13.6 Å². The van der Waals surface area contributed by atoms with Crippen molar-refractivity contribution in [3.8, 4) is 0 Å². The van der Waals surface area contributed by atoms with Crippen LogP contribution in [0.5, 0.6) is 0 Å². The van der Waals surface area contributed by atoms with Crippen molar-refractivity contribution in [2.45, 2.75) is 6.92 Å². The van der Waals surface area contributed by atoms with E-state index >= 15 is 0 Å². The highest BCUT2D eigenvalue weighted by Gasteiger charge is 2.02. The van der Waals surface area contributed by atoms with Gasteiger partial charge in [-0.3, -0.25) is 0 Å². The number of nitrogen functional groups attached to an aromatic ring is 1. The Labute approximate surface area is 121 Å². The summed E-state index contributed by atoms with van der Waals surface area (Å²) >= 11 is 5.75. The van der Waals surface area contributed by atoms with E-state index in [0.717, 1.165) is 19.3 Å². The number of halogens is 2. The molecule has 0 bridgehead atoms. The molecule has 0 unspecified atom stereocenters. The second-order valence-corrected chi connectivity index (χ2v) is 5.41. The van der Waals surface area contributed by atoms with Crippen LogP contribution in [0.3, 0.4) is 0 Å². The highest BCUT2D eigenvalue weighted by Crippen LogP contribution is 2.21. The second-order valence-electron chi connectivity index (χ2n) is 3.47. The lowest BCUT2D eigenvalue weighted by Crippen LogP contribution is -1.97. The Hall–Kier alpha value is -0.890. The van der Waals surface area contributed by atoms with Crippen LogP contribution in [-0.4, -0.2) is 15.9 Å². The summed E-state index contributed by atoms with van der Waals surface area (Å²) in [6.45, 7) is 1.88. The average Bonchev–Trinajstić information content (AvgIpc) is 2.60. The Bertz CT molecular complexity index is 577. The number of nitrogens with two attached hydrogens (primary N) is 1. The molecule has 0 fully saturated rings. The average molecular weight is 405 g/mol. The molecule has 0 aliphatic rings. The van der Waals surface area contributed by atoms with Crippen LogP contribution < -0.4 is 5.73 Å². The number of imidazole rings is 1. The lowest BCUT2D eigenvalue weighted by Gasteiger charge is -2.00. The van der Waals surface area contributed by atoms with E-state index in [-0.39, 0.29) is 0 Å². The predicted octanol–water partition coefficient (Wildman–Crippen LogP) is 3.02. The molecule has 1 aromatic carbocycles. The molecule has 1 aromatic heterocycles. The second kappa shape index (κ2) is 5.18. The third-order valence-corrected chi connectivity index (χ3v) is 4.74. The van der Waals surface area contributed by atoms with Gasteiger partial charge in [0.15, 0.2) is 0 Å². The smallest absolute Gasteiger partial charge is 0.221 e. The van der Waals surface area contributed by atoms with Gasteiger partial charge in [0.1, 0.15) is 0 Å². The van der Waals surface area contributed by atoms with Crippen molar-refractivity contribution < 1.29 is 0 Å². The standard InChI is InChI=1S/C11H10BrIN4/c1-7-6-17(11(14)16-7)15-5-8-3-2-4-9(12)10(8)13/h2-6H,1H3,(H2,14,16). The fourth-order valence-corrected chi connectivity index (χ4v) is 2.22. The van der Waals surface area contributed by atoms with Crippen LogP contribution in [0.4, 0.5) is 5.95 Å². The molecule has 0 atom stereocenters. The van der Waals surface area contributed by atoms with Gasteiger partial charge in [0.25, 0.3) is 0 Å². The number of hydrogen-bond acceptors (Lipinski definition) is 3. The number of hydrogen-bond donors (Lipinski definition) is 1. The Morgan fingerprint density at radius 3 is 2.94 bits per heavy atom. The van der Waals surface area contributed by atoms with E-state index in [0.29, 0.717) is 5.95 Å². The topological polar surface area (TPSA) is 56.2 Å². The first kappa shape index (κ1) is 12.6. The lowest BCUT2D eigenvalue weighted by molar-refractivity contribution is 0.897. The largest absolute Gasteiger partial charge is 0.368 e. The highest BCUT2D eigenvalue weighted by atomic mass is 127. The number of nitrogens with zero attached hydrogens (tertiary/aromatic N) is 3. The molecule has 2 aromatic rings. The Kier molecular flexibility index (Phi) is 3.82. The van der Waals surface area contributed by atoms with Crippen LogP contribution in [0.25, 0.3) is 0 Å². The number of aryl methyl sites for hydroxylation is 1. The van der Waals surface area contributed by atoms with Crippen LogP contribution in [0, 0.1) is 10.5 Å². The summed E-state index contributed by atoms with van der Waals surface area (Å²) in [6, 6.07) is 5.96. The van der Waals surface area contributed by atoms with Crippen LogP contribution in [0.2, 0.25) is 0 Å². The fraction of sp³-hybridized carbons (Fsp3) is 0.0909. The summed E-state index contributed by atoms with van der Waals surface area (Å²) in [5, 5.41) is 4.28. The minimum atomic E-state index is 0.392. The third kappa shape index (κ3) is 2.86. The van der Waals surface area contributed by atoms with Gasteiger partial charge in [0.05, 0.1) is 18.1 Å². The molecule has 0 spiro atoms. The van der Waals surface area contributed by atoms with Crippen molar-refractivity contribution in [1.82, 2.24) is 9.66 Å². The Morgan fingerprint density at radius 1 is 1.53 bits per heavy atom. The van der Waals surface area contributed by atoms with E-state index in [1.165, 1.54) is 0 Å². The van der Waals surface area contributed by atoms with Gasteiger partial charge in [-0.05, 0) is 51.5 Å². The first-order valence-electron chi connectivity index (χ1n) is 4.88. The first-order chi connectivity index (χ1) is 8.08. The Morgan fingerprint density at radius 2 is 2.29 bits per heavy atom. The molecule has 17 heavy (non-hydrogen) atoms. The normalized spacial score (nSPS) is 11.2. The molecule has 4 nitrogen and oxygen atoms in total. The number of benzene rings is 1. The van der Waals surface area contributed by atoms with Gasteiger partial charge >= 0.3 is 0 Å². The monoisotopic (exact) mass is 404 g/mol. The van der Waals surface area contributed by atoms with Crippen LogP contribution in [0.1, 0.15) is 11.3 Å². The molecule has 2 rings (SSSR count). The van der Waals surface area contributed by atoms with Crippen molar-refractivity contribution in [3.63, 3.8) is 0 Å². The van der Waals surface area contributed by atoms with Gasteiger partial charge in [-0.25, -0.2) is 9.66 Å². The minimum absolute atomic E-state index is 0.392. The highest BCUT2D eigenvalue weighted by molar-refractivity contribution is 14.1. The van der Waals surface area contributed by atoms with Gasteiger partial charge in [-0.15, -0.1) is 0 Å². The quantitative estimate of drug-likeness (QED) is 0.617. The van der Waals surface area contributed by atoms with Crippen molar-refractivity contribution in [2.75, 3.05) is 5.73 Å². The predicted molar refractivity (Wildman–Crippen MR) is 81.2 cm³/mol. The zero-order valence-electron chi connectivity index (χ0n) is 9.06. The summed E-state index contributed by atoms with van der Waals surface area (Å²) in [5.41, 5.74) is 7.58. The summed E-state index contributed by atoms with van der Waals surface area (Å²) in [4.78, 5) is 4.08. The van der Waals surface area contributed by atoms with E-state index in [9.17, 15) is 0 Å². The number of anilines is 1. The molecule has 0 aliphatic carbocycles. The molecule has 0 amide bonds. The molecule has 0 saturated carbocycles.